The van der Waals surface area contributed by atoms with Crippen LogP contribution < -0.4 is 16.6 Å². The molecule has 1 aliphatic heterocycles. The summed E-state index contributed by atoms with van der Waals surface area (Å²) in [6.07, 6.45) is 0.732. The van der Waals surface area contributed by atoms with Crippen molar-refractivity contribution in [3.05, 3.63) is 35.6 Å². The van der Waals surface area contributed by atoms with Gasteiger partial charge in [0, 0.05) is 12.0 Å². The van der Waals surface area contributed by atoms with Gasteiger partial charge in [0.2, 0.25) is 0 Å². The van der Waals surface area contributed by atoms with Gasteiger partial charge in [0.15, 0.2) is 0 Å². The van der Waals surface area contributed by atoms with Crippen LogP contribution in [0.1, 0.15) is 31.7 Å². The Kier molecular flexibility index (Phi) is 3.76. The topological polar surface area (TPSA) is 50.1 Å². The minimum absolute atomic E-state index is 0.0152. The van der Waals surface area contributed by atoms with Crippen molar-refractivity contribution in [1.82, 2.24) is 10.9 Å². The van der Waals surface area contributed by atoms with E-state index in [0.29, 0.717) is 11.5 Å². The maximum Gasteiger partial charge on any atom is 0.126 e. The van der Waals surface area contributed by atoms with E-state index in [4.69, 9.17) is 5.73 Å². The van der Waals surface area contributed by atoms with Crippen molar-refractivity contribution >= 4 is 0 Å². The molecule has 0 bridgehead atoms. The van der Waals surface area contributed by atoms with Gasteiger partial charge in [-0.15, -0.1) is 0 Å². The maximum atomic E-state index is 13.8. The molecular weight excluding hydrogens is 217 g/mol. The molecule has 0 radical (unpaired) electrons. The molecule has 1 heterocycles. The van der Waals surface area contributed by atoms with Gasteiger partial charge in [-0.1, -0.05) is 32.0 Å². The number of hydrazine groups is 1. The van der Waals surface area contributed by atoms with E-state index in [-0.39, 0.29) is 23.9 Å². The molecule has 0 saturated carbocycles. The third kappa shape index (κ3) is 2.65. The van der Waals surface area contributed by atoms with Crippen LogP contribution in [0.5, 0.6) is 0 Å². The molecule has 4 heteroatoms. The van der Waals surface area contributed by atoms with Gasteiger partial charge in [-0.3, -0.25) is 5.43 Å². The lowest BCUT2D eigenvalue weighted by molar-refractivity contribution is 0.414. The quantitative estimate of drug-likeness (QED) is 0.750. The summed E-state index contributed by atoms with van der Waals surface area (Å²) in [7, 11) is 0. The molecule has 3 nitrogen and oxygen atoms in total. The lowest BCUT2D eigenvalue weighted by Crippen LogP contribution is -2.38. The molecule has 0 spiro atoms. The Morgan fingerprint density at radius 1 is 1.29 bits per heavy atom. The van der Waals surface area contributed by atoms with Crippen LogP contribution in [0.15, 0.2) is 24.3 Å². The van der Waals surface area contributed by atoms with Crippen molar-refractivity contribution < 1.29 is 4.39 Å². The van der Waals surface area contributed by atoms with Crippen molar-refractivity contribution in [2.24, 2.45) is 11.7 Å². The molecule has 1 aromatic rings. The van der Waals surface area contributed by atoms with Crippen molar-refractivity contribution in [3.8, 4) is 0 Å². The summed E-state index contributed by atoms with van der Waals surface area (Å²) < 4.78 is 13.8. The molecule has 94 valence electrons. The van der Waals surface area contributed by atoms with Crippen molar-refractivity contribution in [3.63, 3.8) is 0 Å². The molecule has 4 N–H and O–H groups in total. The van der Waals surface area contributed by atoms with Crippen LogP contribution in [0.3, 0.4) is 0 Å². The number of rotatable bonds is 3. The first-order valence-electron chi connectivity index (χ1n) is 6.10. The molecule has 2 rings (SSSR count). The zero-order valence-corrected chi connectivity index (χ0v) is 10.3. The van der Waals surface area contributed by atoms with Gasteiger partial charge in [0.05, 0.1) is 6.17 Å². The molecule has 1 aromatic carbocycles. The van der Waals surface area contributed by atoms with E-state index < -0.39 is 0 Å². The number of hydrogen-bond acceptors (Lipinski definition) is 3. The molecule has 0 aromatic heterocycles. The van der Waals surface area contributed by atoms with Crippen molar-refractivity contribution in [2.75, 3.05) is 0 Å². The highest BCUT2D eigenvalue weighted by Gasteiger charge is 2.36. The van der Waals surface area contributed by atoms with Crippen LogP contribution in [0.4, 0.5) is 4.39 Å². The third-order valence-corrected chi connectivity index (χ3v) is 3.25. The highest BCUT2D eigenvalue weighted by Crippen LogP contribution is 2.30. The summed E-state index contributed by atoms with van der Waals surface area (Å²) in [5.74, 6) is 0.361. The highest BCUT2D eigenvalue weighted by molar-refractivity contribution is 5.26. The summed E-state index contributed by atoms with van der Waals surface area (Å²) in [6, 6.07) is 7.06. The van der Waals surface area contributed by atoms with Crippen LogP contribution >= 0.6 is 0 Å². The number of nitrogens with two attached hydrogens (primary N) is 1. The number of benzene rings is 1. The summed E-state index contributed by atoms with van der Waals surface area (Å²) in [4.78, 5) is 0. The first kappa shape index (κ1) is 12.5. The fraction of sp³-hybridized carbons (Fsp3) is 0.538. The highest BCUT2D eigenvalue weighted by atomic mass is 19.1. The van der Waals surface area contributed by atoms with Crippen LogP contribution in [0.2, 0.25) is 0 Å². The monoisotopic (exact) mass is 237 g/mol. The predicted molar refractivity (Wildman–Crippen MR) is 66.6 cm³/mol. The molecule has 3 unspecified atom stereocenters. The van der Waals surface area contributed by atoms with E-state index >= 15 is 0 Å². The Labute approximate surface area is 102 Å². The minimum atomic E-state index is -0.240. The summed E-state index contributed by atoms with van der Waals surface area (Å²) in [6.45, 7) is 4.31. The van der Waals surface area contributed by atoms with E-state index in [1.54, 1.807) is 6.07 Å². The normalized spacial score (nSPS) is 28.9. The maximum absolute atomic E-state index is 13.8. The zero-order chi connectivity index (χ0) is 12.4. The van der Waals surface area contributed by atoms with Gasteiger partial charge in [-0.25, -0.2) is 9.82 Å². The lowest BCUT2D eigenvalue weighted by atomic mass is 9.86. The number of nitrogens with one attached hydrogen (secondary N) is 2. The first-order chi connectivity index (χ1) is 8.09. The average Bonchev–Trinajstić information content (AvgIpc) is 2.60. The van der Waals surface area contributed by atoms with E-state index in [0.717, 1.165) is 6.42 Å². The molecule has 1 fully saturated rings. The smallest absolute Gasteiger partial charge is 0.126 e. The van der Waals surface area contributed by atoms with Crippen LogP contribution in [-0.4, -0.2) is 12.2 Å². The van der Waals surface area contributed by atoms with E-state index in [1.165, 1.54) is 6.07 Å². The predicted octanol–water partition coefficient (Wildman–Crippen LogP) is 1.72. The molecule has 1 aliphatic rings. The molecule has 17 heavy (non-hydrogen) atoms. The van der Waals surface area contributed by atoms with E-state index in [1.807, 2.05) is 12.1 Å². The second kappa shape index (κ2) is 5.12. The summed E-state index contributed by atoms with van der Waals surface area (Å²) in [5.41, 5.74) is 12.9. The fourth-order valence-electron chi connectivity index (χ4n) is 2.50. The molecular formula is C13H20FN3. The Morgan fingerprint density at radius 2 is 2.00 bits per heavy atom. The van der Waals surface area contributed by atoms with Crippen molar-refractivity contribution in [2.45, 2.75) is 38.4 Å². The Morgan fingerprint density at radius 3 is 2.65 bits per heavy atom. The third-order valence-electron chi connectivity index (χ3n) is 3.25. The second-order valence-electron chi connectivity index (χ2n) is 5.10. The van der Waals surface area contributed by atoms with Gasteiger partial charge < -0.3 is 5.73 Å². The Bertz CT molecular complexity index is 381. The molecule has 1 saturated heterocycles. The van der Waals surface area contributed by atoms with Gasteiger partial charge in [-0.2, -0.15) is 0 Å². The summed E-state index contributed by atoms with van der Waals surface area (Å²) >= 11 is 0. The molecule has 0 aliphatic carbocycles. The molecule has 0 amide bonds. The number of halogens is 1. The Balaban J connectivity index is 2.24. The van der Waals surface area contributed by atoms with Crippen LogP contribution in [0, 0.1) is 11.7 Å². The van der Waals surface area contributed by atoms with Gasteiger partial charge in [0.25, 0.3) is 0 Å². The average molecular weight is 237 g/mol. The largest absolute Gasteiger partial charge is 0.314 e. The first-order valence-corrected chi connectivity index (χ1v) is 6.10. The Hall–Kier alpha value is -0.970. The van der Waals surface area contributed by atoms with Crippen LogP contribution in [-0.2, 0) is 0 Å². The van der Waals surface area contributed by atoms with Gasteiger partial charge in [-0.05, 0) is 24.0 Å². The second-order valence-corrected chi connectivity index (χ2v) is 5.10. The SMILES string of the molecule is CC(C)CC1NNC(N)C1c1ccccc1F. The van der Waals surface area contributed by atoms with Crippen LogP contribution in [0.25, 0.3) is 0 Å². The lowest BCUT2D eigenvalue weighted by Gasteiger charge is -2.23. The minimum Gasteiger partial charge on any atom is -0.314 e. The zero-order valence-electron chi connectivity index (χ0n) is 10.3. The fourth-order valence-corrected chi connectivity index (χ4v) is 2.50. The van der Waals surface area contributed by atoms with Gasteiger partial charge in [0.1, 0.15) is 5.82 Å². The van der Waals surface area contributed by atoms with E-state index in [2.05, 4.69) is 24.7 Å². The summed E-state index contributed by atoms with van der Waals surface area (Å²) in [5, 5.41) is 0. The van der Waals surface area contributed by atoms with E-state index in [9.17, 15) is 4.39 Å². The van der Waals surface area contributed by atoms with Gasteiger partial charge >= 0.3 is 0 Å². The number of hydrogen-bond donors (Lipinski definition) is 3. The van der Waals surface area contributed by atoms with Crippen molar-refractivity contribution in [1.29, 1.82) is 0 Å². The standard InChI is InChI=1S/C13H20FN3/c1-8(2)7-11-12(13(15)17-16-11)9-5-3-4-6-10(9)14/h3-6,8,11-13,16-17H,7,15H2,1-2H3. The molecule has 3 atom stereocenters.